The van der Waals surface area contributed by atoms with Crippen LogP contribution < -0.4 is 15.4 Å². The van der Waals surface area contributed by atoms with Crippen molar-refractivity contribution < 1.29 is 4.74 Å². The number of aromatic nitrogens is 6. The van der Waals surface area contributed by atoms with Crippen LogP contribution in [0.1, 0.15) is 5.56 Å². The highest BCUT2D eigenvalue weighted by molar-refractivity contribution is 5.85. The molecule has 1 aliphatic heterocycles. The molecule has 0 radical (unpaired) electrons. The van der Waals surface area contributed by atoms with Gasteiger partial charge in [0, 0.05) is 30.1 Å². The van der Waals surface area contributed by atoms with Crippen LogP contribution >= 0.6 is 0 Å². The number of nitrogen functional groups attached to an aromatic ring is 1. The summed E-state index contributed by atoms with van der Waals surface area (Å²) in [6, 6.07) is 12.0. The summed E-state index contributed by atoms with van der Waals surface area (Å²) in [4.78, 5) is 27.2. The highest BCUT2D eigenvalue weighted by atomic mass is 16.5. The maximum Gasteiger partial charge on any atom is 0.200 e. The van der Waals surface area contributed by atoms with Crippen molar-refractivity contribution in [2.45, 2.75) is 6.54 Å². The van der Waals surface area contributed by atoms with Gasteiger partial charge < -0.3 is 20.4 Å². The standard InChI is InChI=1S/C22H18N8O/c23-22-28-17-9-14(10-25-20(17)29-22)13-3-4-18-15(8-13)11-30(6-7-31-18)21-19-16(26-12-27-21)2-1-5-24-19/h1-5,8-10,12H,6-7,11H2,(H3,23,25,28,29). The second-order valence-corrected chi connectivity index (χ2v) is 7.38. The molecule has 0 aliphatic carbocycles. The summed E-state index contributed by atoms with van der Waals surface area (Å²) in [7, 11) is 0. The van der Waals surface area contributed by atoms with Gasteiger partial charge in [-0.3, -0.25) is 4.98 Å². The molecule has 152 valence electrons. The molecule has 0 atom stereocenters. The lowest BCUT2D eigenvalue weighted by molar-refractivity contribution is 0.331. The van der Waals surface area contributed by atoms with Crippen LogP contribution in [0, 0.1) is 0 Å². The van der Waals surface area contributed by atoms with Gasteiger partial charge in [0.25, 0.3) is 0 Å². The van der Waals surface area contributed by atoms with Gasteiger partial charge in [0.15, 0.2) is 17.4 Å². The van der Waals surface area contributed by atoms with Crippen molar-refractivity contribution in [3.05, 3.63) is 60.7 Å². The van der Waals surface area contributed by atoms with E-state index in [1.54, 1.807) is 12.5 Å². The van der Waals surface area contributed by atoms with Crippen molar-refractivity contribution >= 4 is 34.0 Å². The van der Waals surface area contributed by atoms with Crippen LogP contribution in [-0.4, -0.2) is 43.1 Å². The van der Waals surface area contributed by atoms with E-state index < -0.39 is 0 Å². The molecule has 5 aromatic rings. The van der Waals surface area contributed by atoms with Gasteiger partial charge in [-0.25, -0.2) is 15.0 Å². The topological polar surface area (TPSA) is 119 Å². The summed E-state index contributed by atoms with van der Waals surface area (Å²) in [5.41, 5.74) is 11.9. The number of H-pyrrole nitrogens is 1. The van der Waals surface area contributed by atoms with E-state index in [2.05, 4.69) is 40.9 Å². The number of rotatable bonds is 2. The molecule has 0 saturated heterocycles. The molecule has 9 heteroatoms. The fourth-order valence-electron chi connectivity index (χ4n) is 3.94. The minimum atomic E-state index is 0.358. The van der Waals surface area contributed by atoms with Gasteiger partial charge in [0.05, 0.1) is 17.6 Å². The molecule has 6 rings (SSSR count). The fourth-order valence-corrected chi connectivity index (χ4v) is 3.94. The van der Waals surface area contributed by atoms with E-state index in [9.17, 15) is 0 Å². The molecule has 31 heavy (non-hydrogen) atoms. The van der Waals surface area contributed by atoms with Crippen molar-refractivity contribution in [1.29, 1.82) is 0 Å². The molecule has 0 spiro atoms. The average Bonchev–Trinajstić information content (AvgIpc) is 3.04. The number of nitrogens with one attached hydrogen (secondary N) is 1. The Morgan fingerprint density at radius 1 is 1.03 bits per heavy atom. The molecule has 1 aliphatic rings. The van der Waals surface area contributed by atoms with Crippen LogP contribution in [0.25, 0.3) is 33.3 Å². The number of benzene rings is 1. The Morgan fingerprint density at radius 3 is 2.97 bits per heavy atom. The Morgan fingerprint density at radius 2 is 2.00 bits per heavy atom. The summed E-state index contributed by atoms with van der Waals surface area (Å²) in [6.45, 7) is 1.91. The van der Waals surface area contributed by atoms with Gasteiger partial charge in [-0.05, 0) is 35.9 Å². The van der Waals surface area contributed by atoms with Crippen molar-refractivity contribution in [2.24, 2.45) is 0 Å². The number of aromatic amines is 1. The molecule has 3 N–H and O–H groups in total. The van der Waals surface area contributed by atoms with Crippen LogP contribution in [0.4, 0.5) is 11.8 Å². The van der Waals surface area contributed by atoms with Crippen LogP contribution in [0.5, 0.6) is 5.75 Å². The number of hydrogen-bond acceptors (Lipinski definition) is 8. The Bertz CT molecular complexity index is 1420. The molecule has 0 saturated carbocycles. The smallest absolute Gasteiger partial charge is 0.200 e. The van der Waals surface area contributed by atoms with E-state index in [-0.39, 0.29) is 0 Å². The third-order valence-electron chi connectivity index (χ3n) is 5.40. The van der Waals surface area contributed by atoms with Gasteiger partial charge in [-0.1, -0.05) is 6.07 Å². The number of ether oxygens (including phenoxy) is 1. The maximum atomic E-state index is 6.02. The molecule has 0 fully saturated rings. The van der Waals surface area contributed by atoms with Crippen molar-refractivity contribution in [1.82, 2.24) is 29.9 Å². The third-order valence-corrected chi connectivity index (χ3v) is 5.40. The van der Waals surface area contributed by atoms with Gasteiger partial charge >= 0.3 is 0 Å². The van der Waals surface area contributed by atoms with Crippen LogP contribution in [-0.2, 0) is 6.54 Å². The molecular formula is C22H18N8O. The van der Waals surface area contributed by atoms with Gasteiger partial charge in [-0.15, -0.1) is 0 Å². The zero-order valence-corrected chi connectivity index (χ0v) is 16.5. The van der Waals surface area contributed by atoms with Crippen molar-refractivity contribution in [2.75, 3.05) is 23.8 Å². The number of anilines is 2. The normalized spacial score (nSPS) is 13.7. The minimum Gasteiger partial charge on any atom is -0.491 e. The fraction of sp³-hybridized carbons (Fsp3) is 0.136. The Balaban J connectivity index is 1.40. The Labute approximate surface area is 177 Å². The van der Waals surface area contributed by atoms with Crippen molar-refractivity contribution in [3.63, 3.8) is 0 Å². The van der Waals surface area contributed by atoms with E-state index >= 15 is 0 Å². The molecule has 0 bridgehead atoms. The van der Waals surface area contributed by atoms with E-state index in [1.165, 1.54) is 0 Å². The molecule has 0 unspecified atom stereocenters. The van der Waals surface area contributed by atoms with Crippen LogP contribution in [0.15, 0.2) is 55.1 Å². The number of fused-ring (bicyclic) bond motifs is 3. The second-order valence-electron chi connectivity index (χ2n) is 7.38. The number of nitrogens with two attached hydrogens (primary N) is 1. The zero-order valence-electron chi connectivity index (χ0n) is 16.5. The lowest BCUT2D eigenvalue weighted by Crippen LogP contribution is -2.26. The SMILES string of the molecule is Nc1nc2ncc(-c3ccc4c(c3)CN(c3ncnc5cccnc35)CCO4)cc2[nH]1. The Hall–Kier alpha value is -4.27. The first-order valence-corrected chi connectivity index (χ1v) is 9.92. The minimum absolute atomic E-state index is 0.358. The number of pyridine rings is 2. The summed E-state index contributed by atoms with van der Waals surface area (Å²) in [5, 5.41) is 0. The first-order valence-electron chi connectivity index (χ1n) is 9.92. The van der Waals surface area contributed by atoms with Crippen molar-refractivity contribution in [3.8, 4) is 16.9 Å². The predicted octanol–water partition coefficient (Wildman–Crippen LogP) is 2.94. The predicted molar refractivity (Wildman–Crippen MR) is 118 cm³/mol. The highest BCUT2D eigenvalue weighted by Gasteiger charge is 2.20. The average molecular weight is 410 g/mol. The highest BCUT2D eigenvalue weighted by Crippen LogP contribution is 2.32. The molecule has 4 aromatic heterocycles. The first-order chi connectivity index (χ1) is 15.2. The third kappa shape index (κ3) is 3.07. The molecule has 5 heterocycles. The number of nitrogens with zero attached hydrogens (tertiary/aromatic N) is 6. The summed E-state index contributed by atoms with van der Waals surface area (Å²) >= 11 is 0. The van der Waals surface area contributed by atoms with Crippen LogP contribution in [0.2, 0.25) is 0 Å². The number of hydrogen-bond donors (Lipinski definition) is 2. The first kappa shape index (κ1) is 17.6. The van der Waals surface area contributed by atoms with Crippen LogP contribution in [0.3, 0.4) is 0 Å². The largest absolute Gasteiger partial charge is 0.491 e. The second kappa shape index (κ2) is 6.91. The molecule has 1 aromatic carbocycles. The molecule has 9 nitrogen and oxygen atoms in total. The number of imidazole rings is 1. The summed E-state index contributed by atoms with van der Waals surface area (Å²) in [5.74, 6) is 2.04. The van der Waals surface area contributed by atoms with E-state index in [1.807, 2.05) is 36.5 Å². The van der Waals surface area contributed by atoms with E-state index in [0.717, 1.165) is 44.8 Å². The lowest BCUT2D eigenvalue weighted by atomic mass is 10.0. The zero-order chi connectivity index (χ0) is 20.8. The molecular weight excluding hydrogens is 392 g/mol. The van der Waals surface area contributed by atoms with Gasteiger partial charge in [0.1, 0.15) is 24.2 Å². The lowest BCUT2D eigenvalue weighted by Gasteiger charge is -2.21. The summed E-state index contributed by atoms with van der Waals surface area (Å²) < 4.78 is 6.02. The van der Waals surface area contributed by atoms with Gasteiger partial charge in [-0.2, -0.15) is 4.98 Å². The maximum absolute atomic E-state index is 6.02. The summed E-state index contributed by atoms with van der Waals surface area (Å²) in [6.07, 6.45) is 5.15. The van der Waals surface area contributed by atoms with E-state index in [4.69, 9.17) is 10.5 Å². The molecule has 0 amide bonds. The Kier molecular flexibility index (Phi) is 3.92. The quantitative estimate of drug-likeness (QED) is 0.456. The van der Waals surface area contributed by atoms with E-state index in [0.29, 0.717) is 31.3 Å². The van der Waals surface area contributed by atoms with Gasteiger partial charge in [0.2, 0.25) is 0 Å². The monoisotopic (exact) mass is 410 g/mol.